The highest BCUT2D eigenvalue weighted by atomic mass is 16.5. The van der Waals surface area contributed by atoms with Crippen LogP contribution in [0.4, 0.5) is 5.69 Å². The predicted octanol–water partition coefficient (Wildman–Crippen LogP) is 5.56. The van der Waals surface area contributed by atoms with Crippen LogP contribution >= 0.6 is 0 Å². The summed E-state index contributed by atoms with van der Waals surface area (Å²) in [6, 6.07) is 18.1. The molecule has 2 aromatic carbocycles. The molecule has 1 amide bonds. The van der Waals surface area contributed by atoms with E-state index >= 15 is 0 Å². The first-order valence-electron chi connectivity index (χ1n) is 10.7. The molecule has 3 heteroatoms. The third-order valence-corrected chi connectivity index (χ3v) is 7.23. The second kappa shape index (κ2) is 6.95. The minimum atomic E-state index is -0.537. The second-order valence-corrected chi connectivity index (χ2v) is 9.34. The van der Waals surface area contributed by atoms with Crippen LogP contribution in [0, 0.1) is 17.8 Å². The standard InChI is InChI=1S/C25H29NO2/c1-17(28-23-5-3-2-4-6-23)24(27)26-22-9-7-21(8-10-22)25-14-18-11-19(15-25)13-20(12-18)16-25/h2-10,17-20H,11-16H2,1H3,(H,26,27)/t17-,18?,19?,20?,25?/m0/s1. The number of amides is 1. The van der Waals surface area contributed by atoms with Gasteiger partial charge in [0.1, 0.15) is 5.75 Å². The van der Waals surface area contributed by atoms with Crippen molar-refractivity contribution in [3.8, 4) is 5.75 Å². The largest absolute Gasteiger partial charge is 0.481 e. The third-order valence-electron chi connectivity index (χ3n) is 7.23. The summed E-state index contributed by atoms with van der Waals surface area (Å²) in [5, 5.41) is 3.00. The van der Waals surface area contributed by atoms with E-state index in [9.17, 15) is 4.79 Å². The number of hydrogen-bond donors (Lipinski definition) is 1. The Morgan fingerprint density at radius 2 is 1.50 bits per heavy atom. The molecule has 146 valence electrons. The molecule has 4 bridgehead atoms. The molecule has 0 saturated heterocycles. The van der Waals surface area contributed by atoms with Crippen molar-refractivity contribution in [3.63, 3.8) is 0 Å². The molecule has 0 aliphatic heterocycles. The van der Waals surface area contributed by atoms with E-state index in [1.54, 1.807) is 6.92 Å². The number of para-hydroxylation sites is 1. The summed E-state index contributed by atoms with van der Waals surface area (Å²) >= 11 is 0. The van der Waals surface area contributed by atoms with E-state index in [1.165, 1.54) is 44.1 Å². The summed E-state index contributed by atoms with van der Waals surface area (Å²) in [5.41, 5.74) is 2.74. The van der Waals surface area contributed by atoms with Gasteiger partial charge in [-0.2, -0.15) is 0 Å². The average Bonchev–Trinajstić information content (AvgIpc) is 2.68. The van der Waals surface area contributed by atoms with Crippen LogP contribution in [-0.2, 0) is 10.2 Å². The fraction of sp³-hybridized carbons (Fsp3) is 0.480. The van der Waals surface area contributed by atoms with Crippen LogP contribution < -0.4 is 10.1 Å². The number of carbonyl (C=O) groups is 1. The molecule has 4 saturated carbocycles. The molecule has 0 radical (unpaired) electrons. The lowest BCUT2D eigenvalue weighted by atomic mass is 9.48. The monoisotopic (exact) mass is 375 g/mol. The lowest BCUT2D eigenvalue weighted by Crippen LogP contribution is -2.48. The van der Waals surface area contributed by atoms with Gasteiger partial charge < -0.3 is 10.1 Å². The van der Waals surface area contributed by atoms with E-state index in [0.29, 0.717) is 11.2 Å². The van der Waals surface area contributed by atoms with Crippen molar-refractivity contribution in [2.75, 3.05) is 5.32 Å². The van der Waals surface area contributed by atoms with Crippen LogP contribution in [0.3, 0.4) is 0 Å². The van der Waals surface area contributed by atoms with Gasteiger partial charge in [0.15, 0.2) is 6.10 Å². The molecule has 4 aliphatic rings. The lowest BCUT2D eigenvalue weighted by Gasteiger charge is -2.57. The first-order valence-corrected chi connectivity index (χ1v) is 10.7. The fourth-order valence-corrected chi connectivity index (χ4v) is 6.37. The minimum absolute atomic E-state index is 0.119. The smallest absolute Gasteiger partial charge is 0.265 e. The van der Waals surface area contributed by atoms with E-state index in [4.69, 9.17) is 4.74 Å². The van der Waals surface area contributed by atoms with E-state index in [1.807, 2.05) is 30.3 Å². The van der Waals surface area contributed by atoms with Crippen molar-refractivity contribution in [1.29, 1.82) is 0 Å². The Bertz CT molecular complexity index is 807. The van der Waals surface area contributed by atoms with Gasteiger partial charge in [0.2, 0.25) is 0 Å². The third kappa shape index (κ3) is 3.32. The van der Waals surface area contributed by atoms with E-state index < -0.39 is 6.10 Å². The Hall–Kier alpha value is -2.29. The van der Waals surface area contributed by atoms with Gasteiger partial charge in [-0.3, -0.25) is 4.79 Å². The summed E-state index contributed by atoms with van der Waals surface area (Å²) in [6.45, 7) is 1.78. The molecule has 0 aromatic heterocycles. The molecule has 2 aromatic rings. The highest BCUT2D eigenvalue weighted by Crippen LogP contribution is 2.60. The molecule has 3 nitrogen and oxygen atoms in total. The maximum Gasteiger partial charge on any atom is 0.265 e. The SMILES string of the molecule is C[C@H](Oc1ccccc1)C(=O)Nc1ccc(C23CC4CC(CC(C4)C2)C3)cc1. The molecule has 4 aliphatic carbocycles. The number of nitrogens with one attached hydrogen (secondary N) is 1. The summed E-state index contributed by atoms with van der Waals surface area (Å²) in [6.07, 6.45) is 7.96. The number of hydrogen-bond acceptors (Lipinski definition) is 2. The van der Waals surface area contributed by atoms with Crippen molar-refractivity contribution < 1.29 is 9.53 Å². The van der Waals surface area contributed by atoms with Gasteiger partial charge in [0.25, 0.3) is 5.91 Å². The van der Waals surface area contributed by atoms with Crippen molar-refractivity contribution in [2.24, 2.45) is 17.8 Å². The van der Waals surface area contributed by atoms with Gasteiger partial charge in [0, 0.05) is 5.69 Å². The summed E-state index contributed by atoms with van der Waals surface area (Å²) in [7, 11) is 0. The van der Waals surface area contributed by atoms with Gasteiger partial charge in [-0.25, -0.2) is 0 Å². The fourth-order valence-electron chi connectivity index (χ4n) is 6.37. The average molecular weight is 376 g/mol. The molecule has 1 atom stereocenters. The van der Waals surface area contributed by atoms with Crippen molar-refractivity contribution in [3.05, 3.63) is 60.2 Å². The first kappa shape index (κ1) is 17.8. The minimum Gasteiger partial charge on any atom is -0.481 e. The maximum absolute atomic E-state index is 12.5. The van der Waals surface area contributed by atoms with E-state index in [0.717, 1.165) is 23.4 Å². The van der Waals surface area contributed by atoms with Crippen LogP contribution in [-0.4, -0.2) is 12.0 Å². The molecule has 1 N–H and O–H groups in total. The Balaban J connectivity index is 1.25. The zero-order valence-electron chi connectivity index (χ0n) is 16.6. The Morgan fingerprint density at radius 1 is 0.929 bits per heavy atom. The van der Waals surface area contributed by atoms with Crippen molar-refractivity contribution in [2.45, 2.75) is 57.0 Å². The van der Waals surface area contributed by atoms with Crippen LogP contribution in [0.1, 0.15) is 51.0 Å². The summed E-state index contributed by atoms with van der Waals surface area (Å²) in [5.74, 6) is 3.43. The summed E-state index contributed by atoms with van der Waals surface area (Å²) in [4.78, 5) is 12.5. The molecule has 4 fully saturated rings. The molecule has 0 unspecified atom stereocenters. The van der Waals surface area contributed by atoms with Gasteiger partial charge >= 0.3 is 0 Å². The Labute approximate surface area is 167 Å². The number of carbonyl (C=O) groups excluding carboxylic acids is 1. The summed E-state index contributed by atoms with van der Waals surface area (Å²) < 4.78 is 5.72. The molecule has 0 spiro atoms. The van der Waals surface area contributed by atoms with Gasteiger partial charge in [-0.15, -0.1) is 0 Å². The zero-order valence-corrected chi connectivity index (χ0v) is 16.6. The van der Waals surface area contributed by atoms with Crippen LogP contribution in [0.25, 0.3) is 0 Å². The second-order valence-electron chi connectivity index (χ2n) is 9.34. The normalized spacial score (nSPS) is 31.4. The predicted molar refractivity (Wildman–Crippen MR) is 111 cm³/mol. The Morgan fingerprint density at radius 3 is 2.07 bits per heavy atom. The quantitative estimate of drug-likeness (QED) is 0.743. The van der Waals surface area contributed by atoms with Gasteiger partial charge in [0.05, 0.1) is 0 Å². The number of benzene rings is 2. The number of rotatable bonds is 5. The molecular weight excluding hydrogens is 346 g/mol. The topological polar surface area (TPSA) is 38.3 Å². The van der Waals surface area contributed by atoms with E-state index in [-0.39, 0.29) is 5.91 Å². The van der Waals surface area contributed by atoms with Crippen LogP contribution in [0.15, 0.2) is 54.6 Å². The van der Waals surface area contributed by atoms with Crippen LogP contribution in [0.2, 0.25) is 0 Å². The highest BCUT2D eigenvalue weighted by Gasteiger charge is 2.51. The van der Waals surface area contributed by atoms with Crippen molar-refractivity contribution in [1.82, 2.24) is 0 Å². The zero-order chi connectivity index (χ0) is 19.1. The molecule has 28 heavy (non-hydrogen) atoms. The van der Waals surface area contributed by atoms with Gasteiger partial charge in [-0.1, -0.05) is 30.3 Å². The maximum atomic E-state index is 12.5. The van der Waals surface area contributed by atoms with Crippen molar-refractivity contribution >= 4 is 11.6 Å². The Kier molecular flexibility index (Phi) is 4.41. The number of anilines is 1. The van der Waals surface area contributed by atoms with Crippen LogP contribution in [0.5, 0.6) is 5.75 Å². The van der Waals surface area contributed by atoms with Gasteiger partial charge in [-0.05, 0) is 98.4 Å². The molecular formula is C25H29NO2. The highest BCUT2D eigenvalue weighted by molar-refractivity contribution is 5.94. The molecule has 6 rings (SSSR count). The molecule has 0 heterocycles. The first-order chi connectivity index (χ1) is 13.6. The number of ether oxygens (including phenoxy) is 1. The van der Waals surface area contributed by atoms with E-state index in [2.05, 4.69) is 29.6 Å². The lowest BCUT2D eigenvalue weighted by molar-refractivity contribution is -0.122.